The van der Waals surface area contributed by atoms with Crippen LogP contribution < -0.4 is 4.72 Å². The SMILES string of the molecule is O=C(O)CC1CCCN1C(=O)c1cccc(S(=O)(=O)NC2CC2)c1. The lowest BCUT2D eigenvalue weighted by molar-refractivity contribution is -0.137. The lowest BCUT2D eigenvalue weighted by Gasteiger charge is -2.23. The third kappa shape index (κ3) is 3.76. The molecule has 1 aliphatic carbocycles. The summed E-state index contributed by atoms with van der Waals surface area (Å²) in [6.45, 7) is 0.494. The van der Waals surface area contributed by atoms with Crippen molar-refractivity contribution in [3.63, 3.8) is 0 Å². The number of hydrogen-bond donors (Lipinski definition) is 2. The number of carboxylic acid groups (broad SMARTS) is 1. The van der Waals surface area contributed by atoms with E-state index in [2.05, 4.69) is 4.72 Å². The van der Waals surface area contributed by atoms with E-state index in [0.29, 0.717) is 13.0 Å². The fraction of sp³-hybridized carbons (Fsp3) is 0.500. The first-order chi connectivity index (χ1) is 11.4. The van der Waals surface area contributed by atoms with E-state index in [1.54, 1.807) is 6.07 Å². The van der Waals surface area contributed by atoms with Gasteiger partial charge in [-0.1, -0.05) is 6.07 Å². The number of nitrogens with zero attached hydrogens (tertiary/aromatic N) is 1. The maximum Gasteiger partial charge on any atom is 0.305 e. The molecular formula is C16H20N2O5S. The number of benzene rings is 1. The number of hydrogen-bond acceptors (Lipinski definition) is 4. The van der Waals surface area contributed by atoms with Crippen molar-refractivity contribution in [2.45, 2.75) is 49.1 Å². The van der Waals surface area contributed by atoms with Crippen molar-refractivity contribution in [1.82, 2.24) is 9.62 Å². The van der Waals surface area contributed by atoms with E-state index in [1.807, 2.05) is 0 Å². The first-order valence-electron chi connectivity index (χ1n) is 8.02. The average molecular weight is 352 g/mol. The normalized spacial score (nSPS) is 21.0. The van der Waals surface area contributed by atoms with E-state index in [-0.39, 0.29) is 34.9 Å². The van der Waals surface area contributed by atoms with Crippen LogP contribution in [0.25, 0.3) is 0 Å². The number of nitrogens with one attached hydrogen (secondary N) is 1. The summed E-state index contributed by atoms with van der Waals surface area (Å²) >= 11 is 0. The highest BCUT2D eigenvalue weighted by Gasteiger charge is 2.32. The van der Waals surface area contributed by atoms with E-state index in [4.69, 9.17) is 5.11 Å². The van der Waals surface area contributed by atoms with Gasteiger partial charge < -0.3 is 10.0 Å². The standard InChI is InChI=1S/C16H20N2O5S/c19-15(20)10-13-4-2-8-18(13)16(21)11-3-1-5-14(9-11)24(22,23)17-12-6-7-12/h1,3,5,9,12-13,17H,2,4,6-8,10H2,(H,19,20). The Kier molecular flexibility index (Phi) is 4.60. The van der Waals surface area contributed by atoms with Crippen LogP contribution in [0.3, 0.4) is 0 Å². The van der Waals surface area contributed by atoms with E-state index in [9.17, 15) is 18.0 Å². The third-order valence-electron chi connectivity index (χ3n) is 4.34. The Morgan fingerprint density at radius 1 is 1.25 bits per heavy atom. The highest BCUT2D eigenvalue weighted by molar-refractivity contribution is 7.89. The van der Waals surface area contributed by atoms with Crippen LogP contribution in [0.2, 0.25) is 0 Å². The van der Waals surface area contributed by atoms with Crippen molar-refractivity contribution in [2.24, 2.45) is 0 Å². The molecule has 0 aromatic heterocycles. The van der Waals surface area contributed by atoms with Gasteiger partial charge in [0.05, 0.1) is 11.3 Å². The minimum absolute atomic E-state index is 0.00659. The molecule has 1 heterocycles. The summed E-state index contributed by atoms with van der Waals surface area (Å²) in [7, 11) is -3.62. The fourth-order valence-electron chi connectivity index (χ4n) is 2.97. The Morgan fingerprint density at radius 2 is 2.00 bits per heavy atom. The Labute approximate surface area is 140 Å². The fourth-order valence-corrected chi connectivity index (χ4v) is 4.32. The van der Waals surface area contributed by atoms with Crippen molar-refractivity contribution in [1.29, 1.82) is 0 Å². The molecule has 1 saturated heterocycles. The van der Waals surface area contributed by atoms with Gasteiger partial charge in [0.25, 0.3) is 5.91 Å². The predicted octanol–water partition coefficient (Wildman–Crippen LogP) is 1.21. The smallest absolute Gasteiger partial charge is 0.305 e. The third-order valence-corrected chi connectivity index (χ3v) is 5.86. The molecule has 1 saturated carbocycles. The average Bonchev–Trinajstić information content (AvgIpc) is 3.21. The lowest BCUT2D eigenvalue weighted by atomic mass is 10.1. The summed E-state index contributed by atoms with van der Waals surface area (Å²) in [5.74, 6) is -1.26. The lowest BCUT2D eigenvalue weighted by Crippen LogP contribution is -2.37. The zero-order valence-electron chi connectivity index (χ0n) is 13.1. The zero-order valence-corrected chi connectivity index (χ0v) is 14.0. The highest BCUT2D eigenvalue weighted by Crippen LogP contribution is 2.25. The summed E-state index contributed by atoms with van der Waals surface area (Å²) in [4.78, 5) is 25.2. The van der Waals surface area contributed by atoms with Gasteiger partial charge in [-0.3, -0.25) is 9.59 Å². The molecule has 1 aromatic rings. The maximum absolute atomic E-state index is 12.7. The highest BCUT2D eigenvalue weighted by atomic mass is 32.2. The quantitative estimate of drug-likeness (QED) is 0.801. The molecule has 24 heavy (non-hydrogen) atoms. The molecule has 3 rings (SSSR count). The van der Waals surface area contributed by atoms with Gasteiger partial charge in [-0.2, -0.15) is 0 Å². The number of carbonyl (C=O) groups is 2. The largest absolute Gasteiger partial charge is 0.481 e. The number of aliphatic carboxylic acids is 1. The topological polar surface area (TPSA) is 104 Å². The molecule has 8 heteroatoms. The Morgan fingerprint density at radius 3 is 2.67 bits per heavy atom. The molecule has 2 aliphatic rings. The van der Waals surface area contributed by atoms with Crippen LogP contribution in [-0.2, 0) is 14.8 Å². The van der Waals surface area contributed by atoms with Crippen LogP contribution in [-0.4, -0.2) is 48.9 Å². The predicted molar refractivity (Wildman–Crippen MR) is 86.1 cm³/mol. The number of sulfonamides is 1. The van der Waals surface area contributed by atoms with Gasteiger partial charge in [0.2, 0.25) is 10.0 Å². The second-order valence-electron chi connectivity index (χ2n) is 6.32. The van der Waals surface area contributed by atoms with Crippen molar-refractivity contribution in [3.8, 4) is 0 Å². The van der Waals surface area contributed by atoms with E-state index >= 15 is 0 Å². The molecule has 1 atom stereocenters. The van der Waals surface area contributed by atoms with Crippen LogP contribution in [0.1, 0.15) is 42.5 Å². The van der Waals surface area contributed by atoms with Crippen LogP contribution in [0.15, 0.2) is 29.2 Å². The minimum Gasteiger partial charge on any atom is -0.481 e. The monoisotopic (exact) mass is 352 g/mol. The number of carboxylic acids is 1. The number of amides is 1. The second-order valence-corrected chi connectivity index (χ2v) is 8.03. The molecule has 0 bridgehead atoms. The van der Waals surface area contributed by atoms with E-state index in [0.717, 1.165) is 19.3 Å². The van der Waals surface area contributed by atoms with Gasteiger partial charge in [-0.05, 0) is 43.9 Å². The summed E-state index contributed by atoms with van der Waals surface area (Å²) in [5.41, 5.74) is 0.269. The van der Waals surface area contributed by atoms with Crippen molar-refractivity contribution < 1.29 is 23.1 Å². The molecule has 0 spiro atoms. The van der Waals surface area contributed by atoms with Crippen LogP contribution >= 0.6 is 0 Å². The molecule has 1 aliphatic heterocycles. The molecule has 1 amide bonds. The van der Waals surface area contributed by atoms with Crippen molar-refractivity contribution >= 4 is 21.9 Å². The van der Waals surface area contributed by atoms with Gasteiger partial charge >= 0.3 is 5.97 Å². The van der Waals surface area contributed by atoms with Gasteiger partial charge in [0.15, 0.2) is 0 Å². The molecular weight excluding hydrogens is 332 g/mol. The summed E-state index contributed by atoms with van der Waals surface area (Å²) in [6, 6.07) is 5.59. The van der Waals surface area contributed by atoms with Crippen LogP contribution in [0, 0.1) is 0 Å². The number of likely N-dealkylation sites (tertiary alicyclic amines) is 1. The Bertz CT molecular complexity index is 757. The van der Waals surface area contributed by atoms with Gasteiger partial charge in [-0.25, -0.2) is 13.1 Å². The first kappa shape index (κ1) is 16.9. The van der Waals surface area contributed by atoms with Crippen molar-refractivity contribution in [2.75, 3.05) is 6.54 Å². The molecule has 1 unspecified atom stereocenters. The summed E-state index contributed by atoms with van der Waals surface area (Å²) in [6.07, 6.45) is 2.99. The van der Waals surface area contributed by atoms with E-state index < -0.39 is 16.0 Å². The maximum atomic E-state index is 12.7. The molecule has 1 aromatic carbocycles. The molecule has 7 nitrogen and oxygen atoms in total. The van der Waals surface area contributed by atoms with Gasteiger partial charge in [-0.15, -0.1) is 0 Å². The molecule has 2 N–H and O–H groups in total. The summed E-state index contributed by atoms with van der Waals surface area (Å²) in [5, 5.41) is 8.96. The van der Waals surface area contributed by atoms with Crippen LogP contribution in [0.5, 0.6) is 0 Å². The molecule has 2 fully saturated rings. The van der Waals surface area contributed by atoms with Crippen LogP contribution in [0.4, 0.5) is 0 Å². The molecule has 130 valence electrons. The van der Waals surface area contributed by atoms with Gasteiger partial charge in [0, 0.05) is 24.2 Å². The Hall–Kier alpha value is -1.93. The minimum atomic E-state index is -3.62. The van der Waals surface area contributed by atoms with Crippen molar-refractivity contribution in [3.05, 3.63) is 29.8 Å². The van der Waals surface area contributed by atoms with E-state index in [1.165, 1.54) is 23.1 Å². The number of carbonyl (C=O) groups excluding carboxylic acids is 1. The first-order valence-corrected chi connectivity index (χ1v) is 9.50. The zero-order chi connectivity index (χ0) is 17.3. The summed E-state index contributed by atoms with van der Waals surface area (Å²) < 4.78 is 27.1. The van der Waals surface area contributed by atoms with Gasteiger partial charge in [0.1, 0.15) is 0 Å². The number of rotatable bonds is 6. The molecule has 0 radical (unpaired) electrons. The second kappa shape index (κ2) is 6.52. The Balaban J connectivity index is 1.80.